The van der Waals surface area contributed by atoms with Gasteiger partial charge < -0.3 is 9.80 Å². The van der Waals surface area contributed by atoms with E-state index in [1.165, 1.54) is 29.2 Å². The molecule has 1 N–H and O–H groups in total. The molecule has 2 amide bonds. The van der Waals surface area contributed by atoms with Gasteiger partial charge in [-0.15, -0.1) is 0 Å². The highest BCUT2D eigenvalue weighted by atomic mass is 32.2. The third-order valence-corrected chi connectivity index (χ3v) is 7.39. The fourth-order valence-corrected chi connectivity index (χ4v) is 5.04. The maximum Gasteiger partial charge on any atom is 0.254 e. The van der Waals surface area contributed by atoms with Crippen LogP contribution >= 0.6 is 0 Å². The second-order valence-electron chi connectivity index (χ2n) is 8.83. The van der Waals surface area contributed by atoms with Crippen molar-refractivity contribution in [3.63, 3.8) is 0 Å². The van der Waals surface area contributed by atoms with Gasteiger partial charge in [0, 0.05) is 31.7 Å². The molecule has 184 valence electrons. The SMILES string of the molecule is CCCS(=O)(=O)Nc1ccc(C(=O)N2CCN(C(=O)C(C)(C)c3ccc(F)cc3)CC2)cc1F. The van der Waals surface area contributed by atoms with Crippen LogP contribution in [0.4, 0.5) is 14.5 Å². The summed E-state index contributed by atoms with van der Waals surface area (Å²) in [6, 6.07) is 9.45. The number of rotatable bonds is 7. The number of carbonyl (C=O) groups excluding carboxylic acids is 2. The third-order valence-electron chi connectivity index (χ3n) is 5.91. The molecule has 0 atom stereocenters. The second kappa shape index (κ2) is 10.1. The Hall–Kier alpha value is -3.01. The lowest BCUT2D eigenvalue weighted by molar-refractivity contribution is -0.137. The van der Waals surface area contributed by atoms with E-state index in [1.807, 2.05) is 0 Å². The number of nitrogens with zero attached hydrogens (tertiary/aromatic N) is 2. The second-order valence-corrected chi connectivity index (χ2v) is 10.7. The number of amides is 2. The Morgan fingerprint density at radius 2 is 1.56 bits per heavy atom. The van der Waals surface area contributed by atoms with Crippen molar-refractivity contribution < 1.29 is 26.8 Å². The Kier molecular flexibility index (Phi) is 7.60. The topological polar surface area (TPSA) is 86.8 Å². The van der Waals surface area contributed by atoms with E-state index in [0.717, 1.165) is 6.07 Å². The predicted molar refractivity (Wildman–Crippen MR) is 126 cm³/mol. The smallest absolute Gasteiger partial charge is 0.254 e. The molecule has 0 radical (unpaired) electrons. The van der Waals surface area contributed by atoms with Gasteiger partial charge in [-0.1, -0.05) is 19.1 Å². The van der Waals surface area contributed by atoms with Crippen LogP contribution in [0, 0.1) is 11.6 Å². The van der Waals surface area contributed by atoms with Crippen molar-refractivity contribution in [1.82, 2.24) is 9.80 Å². The standard InChI is InChI=1S/C24H29F2N3O4S/c1-4-15-34(32,33)27-21-10-5-17(16-20(21)26)22(30)28-11-13-29(14-12-28)23(31)24(2,3)18-6-8-19(25)9-7-18/h5-10,16,27H,4,11-15H2,1-3H3. The van der Waals surface area contributed by atoms with Gasteiger partial charge in [-0.25, -0.2) is 17.2 Å². The lowest BCUT2D eigenvalue weighted by Crippen LogP contribution is -2.54. The van der Waals surface area contributed by atoms with E-state index in [1.54, 1.807) is 37.8 Å². The summed E-state index contributed by atoms with van der Waals surface area (Å²) in [7, 11) is -3.65. The number of carbonyl (C=O) groups is 2. The van der Waals surface area contributed by atoms with Crippen LogP contribution in [-0.4, -0.2) is 62.0 Å². The Morgan fingerprint density at radius 3 is 2.12 bits per heavy atom. The van der Waals surface area contributed by atoms with Crippen LogP contribution in [0.25, 0.3) is 0 Å². The number of hydrogen-bond acceptors (Lipinski definition) is 4. The number of nitrogens with one attached hydrogen (secondary N) is 1. The number of halogens is 2. The Morgan fingerprint density at radius 1 is 0.971 bits per heavy atom. The maximum absolute atomic E-state index is 14.5. The van der Waals surface area contributed by atoms with Crippen LogP contribution in [0.1, 0.15) is 43.1 Å². The highest BCUT2D eigenvalue weighted by molar-refractivity contribution is 7.92. The van der Waals surface area contributed by atoms with Crippen molar-refractivity contribution >= 4 is 27.5 Å². The molecule has 2 aromatic rings. The van der Waals surface area contributed by atoms with E-state index in [-0.39, 0.29) is 41.8 Å². The molecule has 0 saturated carbocycles. The summed E-state index contributed by atoms with van der Waals surface area (Å²) in [6.07, 6.45) is 0.392. The number of hydrogen-bond donors (Lipinski definition) is 1. The number of sulfonamides is 1. The molecule has 10 heteroatoms. The summed E-state index contributed by atoms with van der Waals surface area (Å²) < 4.78 is 53.7. The number of benzene rings is 2. The van der Waals surface area contributed by atoms with Crippen molar-refractivity contribution in [2.45, 2.75) is 32.6 Å². The first-order valence-corrected chi connectivity index (χ1v) is 12.7. The van der Waals surface area contributed by atoms with Gasteiger partial charge in [-0.3, -0.25) is 14.3 Å². The molecule has 1 aliphatic rings. The zero-order chi connectivity index (χ0) is 25.1. The fraction of sp³-hybridized carbons (Fsp3) is 0.417. The van der Waals surface area contributed by atoms with Crippen LogP contribution in [0.3, 0.4) is 0 Å². The van der Waals surface area contributed by atoms with Crippen LogP contribution in [0.5, 0.6) is 0 Å². The largest absolute Gasteiger partial charge is 0.338 e. The molecule has 34 heavy (non-hydrogen) atoms. The minimum absolute atomic E-state index is 0.0994. The average molecular weight is 494 g/mol. The Balaban J connectivity index is 1.63. The quantitative estimate of drug-likeness (QED) is 0.641. The Bertz CT molecular complexity index is 1160. The van der Waals surface area contributed by atoms with Crippen molar-refractivity contribution in [2.24, 2.45) is 0 Å². The maximum atomic E-state index is 14.5. The summed E-state index contributed by atoms with van der Waals surface area (Å²) >= 11 is 0. The summed E-state index contributed by atoms with van der Waals surface area (Å²) in [5, 5.41) is 0. The molecule has 1 aliphatic heterocycles. The first-order valence-electron chi connectivity index (χ1n) is 11.1. The van der Waals surface area contributed by atoms with Gasteiger partial charge in [0.15, 0.2) is 0 Å². The molecule has 0 unspecified atom stereocenters. The van der Waals surface area contributed by atoms with Gasteiger partial charge in [0.05, 0.1) is 16.9 Å². The molecule has 0 aliphatic carbocycles. The molecule has 2 aromatic carbocycles. The van der Waals surface area contributed by atoms with Crippen LogP contribution in [0.2, 0.25) is 0 Å². The van der Waals surface area contributed by atoms with Crippen LogP contribution in [0.15, 0.2) is 42.5 Å². The van der Waals surface area contributed by atoms with Gasteiger partial charge in [0.2, 0.25) is 15.9 Å². The zero-order valence-corrected chi connectivity index (χ0v) is 20.3. The van der Waals surface area contributed by atoms with Gasteiger partial charge in [0.1, 0.15) is 11.6 Å². The number of anilines is 1. The van der Waals surface area contributed by atoms with Crippen molar-refractivity contribution in [1.29, 1.82) is 0 Å². The molecular formula is C24H29F2N3O4S. The zero-order valence-electron chi connectivity index (χ0n) is 19.5. The predicted octanol–water partition coefficient (Wildman–Crippen LogP) is 3.38. The van der Waals surface area contributed by atoms with Crippen molar-refractivity contribution in [3.8, 4) is 0 Å². The van der Waals surface area contributed by atoms with E-state index < -0.39 is 27.2 Å². The highest BCUT2D eigenvalue weighted by Gasteiger charge is 2.36. The fourth-order valence-electron chi connectivity index (χ4n) is 3.90. The van der Waals surface area contributed by atoms with Crippen LogP contribution in [-0.2, 0) is 20.2 Å². The summed E-state index contributed by atoms with van der Waals surface area (Å²) in [4.78, 5) is 29.2. The highest BCUT2D eigenvalue weighted by Crippen LogP contribution is 2.27. The van der Waals surface area contributed by atoms with E-state index >= 15 is 0 Å². The summed E-state index contributed by atoms with van der Waals surface area (Å²) in [5.74, 6) is -1.86. The number of piperazine rings is 1. The lowest BCUT2D eigenvalue weighted by atomic mass is 9.83. The van der Waals surface area contributed by atoms with Crippen molar-refractivity contribution in [3.05, 3.63) is 65.2 Å². The van der Waals surface area contributed by atoms with Gasteiger partial charge in [0.25, 0.3) is 5.91 Å². The third kappa shape index (κ3) is 5.72. The minimum atomic E-state index is -3.65. The monoisotopic (exact) mass is 493 g/mol. The summed E-state index contributed by atoms with van der Waals surface area (Å²) in [6.45, 7) is 6.43. The normalized spacial score (nSPS) is 14.7. The van der Waals surface area contributed by atoms with E-state index in [0.29, 0.717) is 25.1 Å². The molecular weight excluding hydrogens is 464 g/mol. The average Bonchev–Trinajstić information content (AvgIpc) is 2.79. The minimum Gasteiger partial charge on any atom is -0.338 e. The van der Waals surface area contributed by atoms with E-state index in [4.69, 9.17) is 0 Å². The van der Waals surface area contributed by atoms with E-state index in [9.17, 15) is 26.8 Å². The van der Waals surface area contributed by atoms with Gasteiger partial charge >= 0.3 is 0 Å². The molecule has 3 rings (SSSR count). The molecule has 0 spiro atoms. The molecule has 0 aromatic heterocycles. The first kappa shape index (κ1) is 25.6. The van der Waals surface area contributed by atoms with E-state index in [2.05, 4.69) is 4.72 Å². The van der Waals surface area contributed by atoms with Gasteiger partial charge in [-0.05, 0) is 56.2 Å². The van der Waals surface area contributed by atoms with Gasteiger partial charge in [-0.2, -0.15) is 0 Å². The molecule has 0 bridgehead atoms. The van der Waals surface area contributed by atoms with Crippen LogP contribution < -0.4 is 4.72 Å². The molecule has 1 saturated heterocycles. The summed E-state index contributed by atoms with van der Waals surface area (Å²) in [5.41, 5.74) is -0.266. The first-order chi connectivity index (χ1) is 15.9. The van der Waals surface area contributed by atoms with Crippen molar-refractivity contribution in [2.75, 3.05) is 36.7 Å². The Labute approximate surface area is 198 Å². The molecule has 7 nitrogen and oxygen atoms in total. The lowest BCUT2D eigenvalue weighted by Gasteiger charge is -2.38. The molecule has 1 heterocycles. The molecule has 1 fully saturated rings.